The highest BCUT2D eigenvalue weighted by Gasteiger charge is 2.12. The SMILES string of the molecule is COc1ccc(/C=C/C(=O)Nc2ccccc2C(=O)NC(C)C)cc1F. The maximum Gasteiger partial charge on any atom is 0.253 e. The second-order valence-electron chi connectivity index (χ2n) is 5.89. The van der Waals surface area contributed by atoms with Crippen molar-refractivity contribution >= 4 is 23.6 Å². The van der Waals surface area contributed by atoms with Crippen LogP contribution in [-0.2, 0) is 4.79 Å². The van der Waals surface area contributed by atoms with E-state index in [0.717, 1.165) is 0 Å². The van der Waals surface area contributed by atoms with Gasteiger partial charge < -0.3 is 15.4 Å². The molecule has 0 heterocycles. The van der Waals surface area contributed by atoms with Gasteiger partial charge in [0, 0.05) is 12.1 Å². The first-order valence-electron chi connectivity index (χ1n) is 8.13. The maximum absolute atomic E-state index is 13.7. The number of carbonyl (C=O) groups is 2. The van der Waals surface area contributed by atoms with E-state index in [1.165, 1.54) is 31.4 Å². The van der Waals surface area contributed by atoms with Crippen LogP contribution in [-0.4, -0.2) is 25.0 Å². The number of hydrogen-bond acceptors (Lipinski definition) is 3. The van der Waals surface area contributed by atoms with Crippen molar-refractivity contribution in [3.8, 4) is 5.75 Å². The van der Waals surface area contributed by atoms with Gasteiger partial charge in [0.1, 0.15) is 0 Å². The fourth-order valence-electron chi connectivity index (χ4n) is 2.26. The summed E-state index contributed by atoms with van der Waals surface area (Å²) in [7, 11) is 1.38. The van der Waals surface area contributed by atoms with Gasteiger partial charge in [0.25, 0.3) is 5.91 Å². The normalized spacial score (nSPS) is 10.8. The van der Waals surface area contributed by atoms with Crippen molar-refractivity contribution in [3.63, 3.8) is 0 Å². The standard InChI is InChI=1S/C20H21FN2O3/c1-13(2)22-20(25)15-6-4-5-7-17(15)23-19(24)11-9-14-8-10-18(26-3)16(21)12-14/h4-13H,1-3H3,(H,22,25)(H,23,24)/b11-9+. The summed E-state index contributed by atoms with van der Waals surface area (Å²) in [6.07, 6.45) is 2.76. The first-order valence-corrected chi connectivity index (χ1v) is 8.13. The molecule has 0 saturated carbocycles. The lowest BCUT2D eigenvalue weighted by Crippen LogP contribution is -2.30. The molecule has 0 bridgehead atoms. The third kappa shape index (κ3) is 5.17. The first-order chi connectivity index (χ1) is 12.4. The van der Waals surface area contributed by atoms with Crippen molar-refractivity contribution in [2.75, 3.05) is 12.4 Å². The van der Waals surface area contributed by atoms with Crippen LogP contribution in [0.25, 0.3) is 6.08 Å². The predicted octanol–water partition coefficient (Wildman–Crippen LogP) is 3.62. The van der Waals surface area contributed by atoms with Crippen LogP contribution in [0.5, 0.6) is 5.75 Å². The van der Waals surface area contributed by atoms with Gasteiger partial charge in [-0.2, -0.15) is 0 Å². The molecule has 2 amide bonds. The van der Waals surface area contributed by atoms with Crippen LogP contribution in [0.3, 0.4) is 0 Å². The van der Waals surface area contributed by atoms with E-state index in [0.29, 0.717) is 16.8 Å². The summed E-state index contributed by atoms with van der Waals surface area (Å²) in [5, 5.41) is 5.45. The van der Waals surface area contributed by atoms with Crippen molar-refractivity contribution in [3.05, 3.63) is 65.5 Å². The molecule has 0 aromatic heterocycles. The summed E-state index contributed by atoms with van der Waals surface area (Å²) in [6, 6.07) is 11.1. The smallest absolute Gasteiger partial charge is 0.253 e. The third-order valence-corrected chi connectivity index (χ3v) is 3.45. The van der Waals surface area contributed by atoms with Gasteiger partial charge in [-0.3, -0.25) is 9.59 Å². The van der Waals surface area contributed by atoms with Gasteiger partial charge >= 0.3 is 0 Å². The summed E-state index contributed by atoms with van der Waals surface area (Å²) < 4.78 is 18.5. The largest absolute Gasteiger partial charge is 0.494 e. The Bertz CT molecular complexity index is 832. The minimum Gasteiger partial charge on any atom is -0.494 e. The van der Waals surface area contributed by atoms with Crippen LogP contribution in [0.2, 0.25) is 0 Å². The Balaban J connectivity index is 2.10. The predicted molar refractivity (Wildman–Crippen MR) is 99.7 cm³/mol. The number of halogens is 1. The van der Waals surface area contributed by atoms with Gasteiger partial charge in [-0.25, -0.2) is 4.39 Å². The summed E-state index contributed by atoms with van der Waals surface area (Å²) in [5.74, 6) is -1.06. The number of benzene rings is 2. The molecule has 6 heteroatoms. The molecule has 0 radical (unpaired) electrons. The highest BCUT2D eigenvalue weighted by Crippen LogP contribution is 2.19. The molecule has 136 valence electrons. The molecule has 0 saturated heterocycles. The van der Waals surface area contributed by atoms with Crippen molar-refractivity contribution in [2.45, 2.75) is 19.9 Å². The molecule has 26 heavy (non-hydrogen) atoms. The Hall–Kier alpha value is -3.15. The number of nitrogens with one attached hydrogen (secondary N) is 2. The van der Waals surface area contributed by atoms with E-state index in [1.807, 2.05) is 13.8 Å². The molecular weight excluding hydrogens is 335 g/mol. The van der Waals surface area contributed by atoms with Crippen LogP contribution in [0, 0.1) is 5.82 Å². The van der Waals surface area contributed by atoms with Gasteiger partial charge in [-0.05, 0) is 49.8 Å². The number of hydrogen-bond donors (Lipinski definition) is 2. The van der Waals surface area contributed by atoms with Crippen LogP contribution in [0.1, 0.15) is 29.8 Å². The first kappa shape index (κ1) is 19.2. The number of ether oxygens (including phenoxy) is 1. The lowest BCUT2D eigenvalue weighted by Gasteiger charge is -2.12. The zero-order valence-corrected chi connectivity index (χ0v) is 14.9. The van der Waals surface area contributed by atoms with Crippen LogP contribution < -0.4 is 15.4 Å². The number of para-hydroxylation sites is 1. The van der Waals surface area contributed by atoms with Crippen molar-refractivity contribution in [2.24, 2.45) is 0 Å². The third-order valence-electron chi connectivity index (χ3n) is 3.45. The van der Waals surface area contributed by atoms with E-state index >= 15 is 0 Å². The Morgan fingerprint density at radius 1 is 1.15 bits per heavy atom. The number of methoxy groups -OCH3 is 1. The monoisotopic (exact) mass is 356 g/mol. The molecule has 2 rings (SSSR count). The zero-order chi connectivity index (χ0) is 19.1. The maximum atomic E-state index is 13.7. The van der Waals surface area contributed by atoms with Gasteiger partial charge in [0.05, 0.1) is 18.4 Å². The Kier molecular flexibility index (Phi) is 6.49. The number of rotatable bonds is 6. The molecule has 0 atom stereocenters. The molecule has 0 fully saturated rings. The summed E-state index contributed by atoms with van der Waals surface area (Å²) in [6.45, 7) is 3.71. The van der Waals surface area contributed by atoms with Crippen LogP contribution in [0.15, 0.2) is 48.5 Å². The van der Waals surface area contributed by atoms with E-state index in [4.69, 9.17) is 4.74 Å². The fraction of sp³-hybridized carbons (Fsp3) is 0.200. The molecule has 5 nitrogen and oxygen atoms in total. The minimum atomic E-state index is -0.509. The molecule has 2 N–H and O–H groups in total. The Morgan fingerprint density at radius 3 is 2.54 bits per heavy atom. The fourth-order valence-corrected chi connectivity index (χ4v) is 2.26. The lowest BCUT2D eigenvalue weighted by molar-refractivity contribution is -0.111. The molecular formula is C20H21FN2O3. The summed E-state index contributed by atoms with van der Waals surface area (Å²) >= 11 is 0. The van der Waals surface area contributed by atoms with Crippen molar-refractivity contribution < 1.29 is 18.7 Å². The molecule has 0 aliphatic heterocycles. The average Bonchev–Trinajstić information content (AvgIpc) is 2.60. The lowest BCUT2D eigenvalue weighted by atomic mass is 10.1. The quantitative estimate of drug-likeness (QED) is 0.777. The van der Waals surface area contributed by atoms with Gasteiger partial charge in [0.15, 0.2) is 11.6 Å². The van der Waals surface area contributed by atoms with Gasteiger partial charge in [-0.1, -0.05) is 18.2 Å². The van der Waals surface area contributed by atoms with Crippen molar-refractivity contribution in [1.82, 2.24) is 5.32 Å². The molecule has 0 aliphatic carbocycles. The van der Waals surface area contributed by atoms with Gasteiger partial charge in [0.2, 0.25) is 5.91 Å². The highest BCUT2D eigenvalue weighted by molar-refractivity contribution is 6.07. The van der Waals surface area contributed by atoms with Crippen LogP contribution >= 0.6 is 0 Å². The van der Waals surface area contributed by atoms with Gasteiger partial charge in [-0.15, -0.1) is 0 Å². The van der Waals surface area contributed by atoms with E-state index in [-0.39, 0.29) is 17.7 Å². The molecule has 0 spiro atoms. The highest BCUT2D eigenvalue weighted by atomic mass is 19.1. The van der Waals surface area contributed by atoms with Crippen molar-refractivity contribution in [1.29, 1.82) is 0 Å². The molecule has 0 unspecified atom stereocenters. The van der Waals surface area contributed by atoms with E-state index < -0.39 is 11.7 Å². The summed E-state index contributed by atoms with van der Waals surface area (Å²) in [4.78, 5) is 24.3. The Morgan fingerprint density at radius 2 is 1.88 bits per heavy atom. The molecule has 0 aliphatic rings. The summed E-state index contributed by atoms with van der Waals surface area (Å²) in [5.41, 5.74) is 1.30. The van der Waals surface area contributed by atoms with E-state index in [9.17, 15) is 14.0 Å². The second-order valence-corrected chi connectivity index (χ2v) is 5.89. The number of anilines is 1. The molecule has 2 aromatic carbocycles. The van der Waals surface area contributed by atoms with Crippen LogP contribution in [0.4, 0.5) is 10.1 Å². The number of amides is 2. The zero-order valence-electron chi connectivity index (χ0n) is 14.9. The number of carbonyl (C=O) groups excluding carboxylic acids is 2. The topological polar surface area (TPSA) is 67.4 Å². The van der Waals surface area contributed by atoms with E-state index in [1.54, 1.807) is 30.3 Å². The molecule has 2 aromatic rings. The second kappa shape index (κ2) is 8.80. The average molecular weight is 356 g/mol. The van der Waals surface area contributed by atoms with E-state index in [2.05, 4.69) is 10.6 Å². The minimum absolute atomic E-state index is 0.0175. The Labute approximate surface area is 151 Å².